The lowest BCUT2D eigenvalue weighted by Gasteiger charge is -2.14. The maximum absolute atomic E-state index is 5.70. The molecule has 1 atom stereocenters. The molecule has 0 aliphatic heterocycles. The highest BCUT2D eigenvalue weighted by Crippen LogP contribution is 2.26. The van der Waals surface area contributed by atoms with Gasteiger partial charge in [-0.2, -0.15) is 0 Å². The summed E-state index contributed by atoms with van der Waals surface area (Å²) in [6, 6.07) is 12.6. The number of aryl methyl sites for hydroxylation is 1. The van der Waals surface area contributed by atoms with E-state index in [0.29, 0.717) is 0 Å². The van der Waals surface area contributed by atoms with E-state index in [0.717, 1.165) is 18.6 Å². The van der Waals surface area contributed by atoms with Crippen LogP contribution in [0, 0.1) is 0 Å². The first-order valence-electron chi connectivity index (χ1n) is 6.44. The molecule has 0 spiro atoms. The average Bonchev–Trinajstić information content (AvgIpc) is 2.93. The summed E-state index contributed by atoms with van der Waals surface area (Å²) in [5, 5.41) is 0. The zero-order valence-electron chi connectivity index (χ0n) is 11.3. The average molecular weight is 276 g/mol. The topological polar surface area (TPSA) is 47.3 Å². The van der Waals surface area contributed by atoms with E-state index < -0.39 is 0 Å². The Morgan fingerprint density at radius 1 is 1.32 bits per heavy atom. The molecule has 0 amide bonds. The molecule has 1 unspecified atom stereocenters. The molecule has 0 bridgehead atoms. The van der Waals surface area contributed by atoms with E-state index in [1.165, 1.54) is 15.3 Å². The molecule has 3 nitrogen and oxygen atoms in total. The van der Waals surface area contributed by atoms with E-state index in [1.807, 2.05) is 23.5 Å². The smallest absolute Gasteiger partial charge is 0.119 e. The molecular formula is C15H20N2OS. The minimum absolute atomic E-state index is 0.150. The number of methoxy groups -OCH3 is 1. The largest absolute Gasteiger partial charge is 0.497 e. The number of ether oxygens (including phenoxy) is 1. The molecule has 0 saturated heterocycles. The van der Waals surface area contributed by atoms with Crippen LogP contribution in [0.25, 0.3) is 0 Å². The van der Waals surface area contributed by atoms with Gasteiger partial charge in [0, 0.05) is 9.75 Å². The molecule has 1 heterocycles. The second kappa shape index (κ2) is 6.70. The van der Waals surface area contributed by atoms with Gasteiger partial charge in [0.2, 0.25) is 0 Å². The van der Waals surface area contributed by atoms with Gasteiger partial charge in [0.05, 0.1) is 13.2 Å². The number of benzene rings is 1. The molecule has 0 fully saturated rings. The number of hydrazine groups is 1. The summed E-state index contributed by atoms with van der Waals surface area (Å²) in [5.74, 6) is 6.58. The fraction of sp³-hybridized carbons (Fsp3) is 0.333. The van der Waals surface area contributed by atoms with Crippen molar-refractivity contribution in [1.82, 2.24) is 5.43 Å². The molecule has 0 aliphatic rings. The number of hydrogen-bond donors (Lipinski definition) is 2. The van der Waals surface area contributed by atoms with E-state index >= 15 is 0 Å². The molecule has 2 rings (SSSR count). The first-order chi connectivity index (χ1) is 9.26. The van der Waals surface area contributed by atoms with Crippen molar-refractivity contribution in [2.75, 3.05) is 7.11 Å². The Morgan fingerprint density at radius 3 is 2.79 bits per heavy atom. The standard InChI is InChI=1S/C15H20N2OS/c1-3-13-7-8-15(19-13)14(17-16)10-11-5-4-6-12(9-11)18-2/h4-9,14,17H,3,10,16H2,1-2H3. The normalized spacial score (nSPS) is 12.4. The molecule has 1 aromatic carbocycles. The maximum atomic E-state index is 5.70. The number of nitrogens with one attached hydrogen (secondary N) is 1. The molecular weight excluding hydrogens is 256 g/mol. The quantitative estimate of drug-likeness (QED) is 0.629. The summed E-state index contributed by atoms with van der Waals surface area (Å²) in [4.78, 5) is 2.67. The minimum Gasteiger partial charge on any atom is -0.497 e. The fourth-order valence-corrected chi connectivity index (χ4v) is 3.06. The highest BCUT2D eigenvalue weighted by molar-refractivity contribution is 7.12. The highest BCUT2D eigenvalue weighted by atomic mass is 32.1. The Labute approximate surface area is 118 Å². The molecule has 102 valence electrons. The van der Waals surface area contributed by atoms with Gasteiger partial charge in [-0.3, -0.25) is 11.3 Å². The van der Waals surface area contributed by atoms with Gasteiger partial charge in [0.15, 0.2) is 0 Å². The van der Waals surface area contributed by atoms with Crippen LogP contribution in [-0.2, 0) is 12.8 Å². The first kappa shape index (κ1) is 14.1. The first-order valence-corrected chi connectivity index (χ1v) is 7.26. The Bertz CT molecular complexity index is 524. The van der Waals surface area contributed by atoms with Crippen LogP contribution < -0.4 is 16.0 Å². The lowest BCUT2D eigenvalue weighted by atomic mass is 10.0. The summed E-state index contributed by atoms with van der Waals surface area (Å²) >= 11 is 1.82. The van der Waals surface area contributed by atoms with Crippen LogP contribution in [0.15, 0.2) is 36.4 Å². The minimum atomic E-state index is 0.150. The maximum Gasteiger partial charge on any atom is 0.119 e. The van der Waals surface area contributed by atoms with Gasteiger partial charge >= 0.3 is 0 Å². The van der Waals surface area contributed by atoms with E-state index in [4.69, 9.17) is 10.6 Å². The van der Waals surface area contributed by atoms with Crippen molar-refractivity contribution in [3.05, 3.63) is 51.7 Å². The SMILES string of the molecule is CCc1ccc(C(Cc2cccc(OC)c2)NN)s1. The number of hydrogen-bond acceptors (Lipinski definition) is 4. The van der Waals surface area contributed by atoms with Crippen LogP contribution >= 0.6 is 11.3 Å². The Morgan fingerprint density at radius 2 is 2.16 bits per heavy atom. The summed E-state index contributed by atoms with van der Waals surface area (Å²) in [7, 11) is 1.69. The van der Waals surface area contributed by atoms with Crippen molar-refractivity contribution < 1.29 is 4.74 Å². The highest BCUT2D eigenvalue weighted by Gasteiger charge is 2.13. The van der Waals surface area contributed by atoms with Crippen molar-refractivity contribution >= 4 is 11.3 Å². The predicted molar refractivity (Wildman–Crippen MR) is 80.5 cm³/mol. The number of thiophene rings is 1. The molecule has 1 aromatic heterocycles. The third-order valence-corrected chi connectivity index (χ3v) is 4.49. The van der Waals surface area contributed by atoms with E-state index in [1.54, 1.807) is 7.11 Å². The number of nitrogens with two attached hydrogens (primary N) is 1. The lowest BCUT2D eigenvalue weighted by Crippen LogP contribution is -2.28. The Hall–Kier alpha value is -1.36. The monoisotopic (exact) mass is 276 g/mol. The van der Waals surface area contributed by atoms with E-state index in [2.05, 4.69) is 36.6 Å². The molecule has 19 heavy (non-hydrogen) atoms. The Kier molecular flexibility index (Phi) is 4.96. The second-order valence-electron chi connectivity index (χ2n) is 4.43. The molecule has 3 N–H and O–H groups in total. The van der Waals surface area contributed by atoms with Crippen LogP contribution in [0.4, 0.5) is 0 Å². The van der Waals surface area contributed by atoms with E-state index in [-0.39, 0.29) is 6.04 Å². The molecule has 0 radical (unpaired) electrons. The predicted octanol–water partition coefficient (Wildman–Crippen LogP) is 3.07. The van der Waals surface area contributed by atoms with Gasteiger partial charge in [-0.1, -0.05) is 19.1 Å². The summed E-state index contributed by atoms with van der Waals surface area (Å²) in [6.45, 7) is 2.17. The summed E-state index contributed by atoms with van der Waals surface area (Å²) < 4.78 is 5.25. The molecule has 2 aromatic rings. The van der Waals surface area contributed by atoms with Gasteiger partial charge in [-0.05, 0) is 42.7 Å². The summed E-state index contributed by atoms with van der Waals surface area (Å²) in [6.07, 6.45) is 1.93. The van der Waals surface area contributed by atoms with Crippen LogP contribution in [0.5, 0.6) is 5.75 Å². The summed E-state index contributed by atoms with van der Waals surface area (Å²) in [5.41, 5.74) is 4.13. The van der Waals surface area contributed by atoms with Crippen LogP contribution in [0.3, 0.4) is 0 Å². The molecule has 0 saturated carbocycles. The molecule has 4 heteroatoms. The number of rotatable bonds is 6. The van der Waals surface area contributed by atoms with E-state index in [9.17, 15) is 0 Å². The van der Waals surface area contributed by atoms with Crippen LogP contribution in [0.1, 0.15) is 28.3 Å². The van der Waals surface area contributed by atoms with Crippen molar-refractivity contribution in [1.29, 1.82) is 0 Å². The van der Waals surface area contributed by atoms with Gasteiger partial charge < -0.3 is 4.74 Å². The third-order valence-electron chi connectivity index (χ3n) is 3.15. The van der Waals surface area contributed by atoms with Gasteiger partial charge in [-0.25, -0.2) is 0 Å². The van der Waals surface area contributed by atoms with Crippen molar-refractivity contribution in [3.8, 4) is 5.75 Å². The lowest BCUT2D eigenvalue weighted by molar-refractivity contribution is 0.414. The second-order valence-corrected chi connectivity index (χ2v) is 5.63. The van der Waals surface area contributed by atoms with Crippen LogP contribution in [-0.4, -0.2) is 7.11 Å². The Balaban J connectivity index is 2.13. The van der Waals surface area contributed by atoms with Crippen LogP contribution in [0.2, 0.25) is 0 Å². The molecule has 0 aliphatic carbocycles. The van der Waals surface area contributed by atoms with Crippen molar-refractivity contribution in [2.24, 2.45) is 5.84 Å². The van der Waals surface area contributed by atoms with Gasteiger partial charge in [0.25, 0.3) is 0 Å². The van der Waals surface area contributed by atoms with Gasteiger partial charge in [-0.15, -0.1) is 11.3 Å². The van der Waals surface area contributed by atoms with Crippen molar-refractivity contribution in [3.63, 3.8) is 0 Å². The zero-order valence-corrected chi connectivity index (χ0v) is 12.2. The van der Waals surface area contributed by atoms with Gasteiger partial charge in [0.1, 0.15) is 5.75 Å². The zero-order chi connectivity index (χ0) is 13.7. The fourth-order valence-electron chi connectivity index (χ4n) is 2.05. The van der Waals surface area contributed by atoms with Crippen molar-refractivity contribution in [2.45, 2.75) is 25.8 Å². The third kappa shape index (κ3) is 3.56.